The fourth-order valence-corrected chi connectivity index (χ4v) is 4.52. The summed E-state index contributed by atoms with van der Waals surface area (Å²) >= 11 is 0. The van der Waals surface area contributed by atoms with Gasteiger partial charge in [-0.1, -0.05) is 42.5 Å². The molecule has 5 rings (SSSR count). The second kappa shape index (κ2) is 8.54. The molecular weight excluding hydrogens is 426 g/mol. The normalized spacial score (nSPS) is 19.0. The Hall–Kier alpha value is -3.94. The quantitative estimate of drug-likeness (QED) is 0.469. The van der Waals surface area contributed by atoms with Gasteiger partial charge in [0.15, 0.2) is 6.10 Å². The maximum Gasteiger partial charge on any atom is 0.405 e. The summed E-state index contributed by atoms with van der Waals surface area (Å²) in [6.07, 6.45) is 1.00. The molecule has 3 atom stereocenters. The van der Waals surface area contributed by atoms with Crippen LogP contribution in [0, 0.1) is 5.82 Å². The number of nitrogens with zero attached hydrogens (tertiary/aromatic N) is 3. The lowest BCUT2D eigenvalue weighted by Crippen LogP contribution is -2.24. The van der Waals surface area contributed by atoms with Crippen molar-refractivity contribution in [2.24, 2.45) is 5.73 Å². The van der Waals surface area contributed by atoms with Gasteiger partial charge in [-0.25, -0.2) is 18.1 Å². The Morgan fingerprint density at radius 3 is 2.70 bits per heavy atom. The Morgan fingerprint density at radius 1 is 1.12 bits per heavy atom. The minimum Gasteiger partial charge on any atom is -0.436 e. The molecule has 3 heterocycles. The van der Waals surface area contributed by atoms with E-state index >= 15 is 0 Å². The van der Waals surface area contributed by atoms with E-state index in [-0.39, 0.29) is 24.8 Å². The van der Waals surface area contributed by atoms with Gasteiger partial charge in [-0.2, -0.15) is 5.10 Å². The van der Waals surface area contributed by atoms with Crippen molar-refractivity contribution in [3.05, 3.63) is 102 Å². The highest BCUT2D eigenvalue weighted by Crippen LogP contribution is 2.39. The molecule has 1 amide bonds. The molecular formula is C25H22F2N4O2. The van der Waals surface area contributed by atoms with E-state index in [4.69, 9.17) is 10.5 Å². The number of benzene rings is 2. The van der Waals surface area contributed by atoms with E-state index < -0.39 is 18.4 Å². The molecule has 4 aromatic rings. The van der Waals surface area contributed by atoms with E-state index in [0.717, 1.165) is 16.8 Å². The zero-order chi connectivity index (χ0) is 22.9. The van der Waals surface area contributed by atoms with Gasteiger partial charge in [0, 0.05) is 30.4 Å². The van der Waals surface area contributed by atoms with Crippen LogP contribution in [0.25, 0.3) is 5.52 Å². The predicted molar refractivity (Wildman–Crippen MR) is 120 cm³/mol. The number of carbonyl (C=O) groups is 1. The van der Waals surface area contributed by atoms with Gasteiger partial charge in [0.05, 0.1) is 17.8 Å². The van der Waals surface area contributed by atoms with Gasteiger partial charge in [-0.3, -0.25) is 0 Å². The highest BCUT2D eigenvalue weighted by atomic mass is 19.1. The Balaban J connectivity index is 1.57. The molecule has 168 valence electrons. The molecule has 0 saturated carbocycles. The molecule has 0 bridgehead atoms. The zero-order valence-electron chi connectivity index (χ0n) is 17.6. The number of nitrogens with two attached hydrogens (primary N) is 1. The summed E-state index contributed by atoms with van der Waals surface area (Å²) in [4.78, 5) is 13.6. The standard InChI is InChI=1S/C25H22F2N4O2/c26-18-8-4-7-17(11-18)22-12-19(27)15-30(22)20-9-10-31-23(13-20)21(14-29-31)24(33-25(28)32)16-5-2-1-3-6-16/h1-11,13-14,19,22,24H,12,15H2,(H2,28,32)/t19-,22+,24?/m0/s1. The lowest BCUT2D eigenvalue weighted by Gasteiger charge is -2.27. The van der Waals surface area contributed by atoms with Crippen LogP contribution in [0.5, 0.6) is 0 Å². The molecule has 2 N–H and O–H groups in total. The van der Waals surface area contributed by atoms with Gasteiger partial charge < -0.3 is 15.4 Å². The maximum atomic E-state index is 14.5. The second-order valence-corrected chi connectivity index (χ2v) is 8.10. The first-order valence-corrected chi connectivity index (χ1v) is 10.6. The first kappa shape index (κ1) is 20.9. The van der Waals surface area contributed by atoms with Crippen molar-refractivity contribution in [1.82, 2.24) is 9.61 Å². The monoisotopic (exact) mass is 448 g/mol. The lowest BCUT2D eigenvalue weighted by molar-refractivity contribution is 0.127. The molecule has 1 aliphatic rings. The topological polar surface area (TPSA) is 72.9 Å². The maximum absolute atomic E-state index is 14.5. The van der Waals surface area contributed by atoms with E-state index in [9.17, 15) is 13.6 Å². The third-order valence-electron chi connectivity index (χ3n) is 5.97. The van der Waals surface area contributed by atoms with Gasteiger partial charge in [-0.05, 0) is 35.4 Å². The van der Waals surface area contributed by atoms with Crippen molar-refractivity contribution in [3.63, 3.8) is 0 Å². The van der Waals surface area contributed by atoms with E-state index in [1.165, 1.54) is 12.1 Å². The Bertz CT molecular complexity index is 1290. The van der Waals surface area contributed by atoms with Gasteiger partial charge in [0.1, 0.15) is 12.0 Å². The number of halogens is 2. The number of carbonyl (C=O) groups excluding carboxylic acids is 1. The van der Waals surface area contributed by atoms with Crippen molar-refractivity contribution in [1.29, 1.82) is 0 Å². The third-order valence-corrected chi connectivity index (χ3v) is 5.97. The number of primary amides is 1. The summed E-state index contributed by atoms with van der Waals surface area (Å²) in [6.45, 7) is 0.195. The summed E-state index contributed by atoms with van der Waals surface area (Å²) < 4.78 is 35.5. The molecule has 1 saturated heterocycles. The summed E-state index contributed by atoms with van der Waals surface area (Å²) in [5, 5.41) is 4.39. The highest BCUT2D eigenvalue weighted by Gasteiger charge is 2.34. The van der Waals surface area contributed by atoms with Crippen molar-refractivity contribution in [2.45, 2.75) is 24.7 Å². The molecule has 1 aliphatic heterocycles. The van der Waals surface area contributed by atoms with Gasteiger partial charge >= 0.3 is 6.09 Å². The van der Waals surface area contributed by atoms with Crippen LogP contribution in [0.3, 0.4) is 0 Å². The molecule has 0 spiro atoms. The van der Waals surface area contributed by atoms with E-state index in [0.29, 0.717) is 11.1 Å². The van der Waals surface area contributed by atoms with Crippen LogP contribution >= 0.6 is 0 Å². The van der Waals surface area contributed by atoms with Gasteiger partial charge in [-0.15, -0.1) is 0 Å². The lowest BCUT2D eigenvalue weighted by atomic mass is 10.0. The number of rotatable bonds is 5. The van der Waals surface area contributed by atoms with Crippen LogP contribution in [-0.4, -0.2) is 28.4 Å². The molecule has 0 radical (unpaired) electrons. The Morgan fingerprint density at radius 2 is 1.94 bits per heavy atom. The van der Waals surface area contributed by atoms with Crippen LogP contribution < -0.4 is 10.6 Å². The molecule has 1 unspecified atom stereocenters. The minimum absolute atomic E-state index is 0.195. The van der Waals surface area contributed by atoms with Gasteiger partial charge in [0.25, 0.3) is 0 Å². The fourth-order valence-electron chi connectivity index (χ4n) is 4.52. The number of fused-ring (bicyclic) bond motifs is 1. The number of hydrogen-bond donors (Lipinski definition) is 1. The average molecular weight is 448 g/mol. The first-order chi connectivity index (χ1) is 16.0. The SMILES string of the molecule is NC(=O)OC(c1ccccc1)c1cnn2ccc(N3C[C@@H](F)C[C@@H]3c3cccc(F)c3)cc12. The second-order valence-electron chi connectivity index (χ2n) is 8.10. The van der Waals surface area contributed by atoms with E-state index in [2.05, 4.69) is 5.10 Å². The summed E-state index contributed by atoms with van der Waals surface area (Å²) in [6, 6.07) is 19.0. The first-order valence-electron chi connectivity index (χ1n) is 10.6. The van der Waals surface area contributed by atoms with Crippen molar-refractivity contribution < 1.29 is 18.3 Å². The predicted octanol–water partition coefficient (Wildman–Crippen LogP) is 4.95. The van der Waals surface area contributed by atoms with Crippen LogP contribution in [0.1, 0.15) is 35.3 Å². The van der Waals surface area contributed by atoms with E-state index in [1.807, 2.05) is 53.4 Å². The number of alkyl halides is 1. The molecule has 8 heteroatoms. The number of hydrogen-bond acceptors (Lipinski definition) is 4. The molecule has 1 fully saturated rings. The van der Waals surface area contributed by atoms with Crippen LogP contribution in [0.4, 0.5) is 19.3 Å². The van der Waals surface area contributed by atoms with Crippen LogP contribution in [0.15, 0.2) is 79.1 Å². The number of amides is 1. The molecule has 2 aromatic carbocycles. The van der Waals surface area contributed by atoms with Crippen molar-refractivity contribution in [3.8, 4) is 0 Å². The van der Waals surface area contributed by atoms with Crippen molar-refractivity contribution in [2.75, 3.05) is 11.4 Å². The number of pyridine rings is 1. The summed E-state index contributed by atoms with van der Waals surface area (Å²) in [7, 11) is 0. The minimum atomic E-state index is -1.03. The van der Waals surface area contributed by atoms with Crippen LogP contribution in [-0.2, 0) is 4.74 Å². The smallest absolute Gasteiger partial charge is 0.405 e. The summed E-state index contributed by atoms with van der Waals surface area (Å²) in [5.41, 5.74) is 8.94. The molecule has 6 nitrogen and oxygen atoms in total. The van der Waals surface area contributed by atoms with E-state index in [1.54, 1.807) is 23.0 Å². The third kappa shape index (κ3) is 4.11. The summed E-state index contributed by atoms with van der Waals surface area (Å²) in [5.74, 6) is -0.349. The number of aromatic nitrogens is 2. The Kier molecular flexibility index (Phi) is 5.42. The molecule has 2 aromatic heterocycles. The van der Waals surface area contributed by atoms with Gasteiger partial charge in [0.2, 0.25) is 0 Å². The largest absolute Gasteiger partial charge is 0.436 e. The van der Waals surface area contributed by atoms with Crippen molar-refractivity contribution >= 4 is 17.3 Å². The Labute approximate surface area is 189 Å². The number of anilines is 1. The highest BCUT2D eigenvalue weighted by molar-refractivity contribution is 5.69. The van der Waals surface area contributed by atoms with Crippen LogP contribution in [0.2, 0.25) is 0 Å². The fraction of sp³-hybridized carbons (Fsp3) is 0.200. The molecule has 0 aliphatic carbocycles. The number of ether oxygens (including phenoxy) is 1. The average Bonchev–Trinajstić information content (AvgIpc) is 3.41. The molecule has 33 heavy (non-hydrogen) atoms. The zero-order valence-corrected chi connectivity index (χ0v) is 17.6.